The SMILES string of the molecule is CNCC(=O)Nc1cccc(-c2ccc([C@@]3(CC(=O)NOC4CCCCO4)CCCCS3)s2)c1. The van der Waals surface area contributed by atoms with E-state index >= 15 is 0 Å². The summed E-state index contributed by atoms with van der Waals surface area (Å²) in [6, 6.07) is 12.2. The molecule has 3 N–H and O–H groups in total. The third-order valence-electron chi connectivity index (χ3n) is 6.06. The molecule has 0 aliphatic carbocycles. The number of thioether (sulfide) groups is 1. The van der Waals surface area contributed by atoms with Gasteiger partial charge in [0.25, 0.3) is 0 Å². The van der Waals surface area contributed by atoms with Gasteiger partial charge < -0.3 is 15.4 Å². The Balaban J connectivity index is 1.46. The molecular formula is C25H33N3O4S2. The molecule has 0 spiro atoms. The highest BCUT2D eigenvalue weighted by atomic mass is 32.2. The van der Waals surface area contributed by atoms with Crippen molar-refractivity contribution in [3.05, 3.63) is 41.3 Å². The minimum absolute atomic E-state index is 0.0732. The summed E-state index contributed by atoms with van der Waals surface area (Å²) in [6.45, 7) is 0.949. The maximum Gasteiger partial charge on any atom is 0.245 e. The summed E-state index contributed by atoms with van der Waals surface area (Å²) in [5.74, 6) is 0.865. The first kappa shape index (κ1) is 25.2. The molecule has 184 valence electrons. The molecule has 7 nitrogen and oxygen atoms in total. The van der Waals surface area contributed by atoms with Crippen LogP contribution >= 0.6 is 23.1 Å². The Labute approximate surface area is 209 Å². The fourth-order valence-corrected chi connectivity index (χ4v) is 7.25. The Morgan fingerprint density at radius 2 is 2.06 bits per heavy atom. The molecule has 2 amide bonds. The standard InChI is InChI=1S/C25H33N3O4S2/c1-26-17-23(30)27-19-8-6-7-18(15-19)20-10-11-21(34-20)25(12-3-5-14-33-25)16-22(29)28-32-24-9-2-4-13-31-24/h6-8,10-11,15,24,26H,2-5,9,12-14,16-17H2,1H3,(H,27,30)(H,28,29)/t24?,25-/m0/s1. The van der Waals surface area contributed by atoms with E-state index in [1.165, 1.54) is 11.3 Å². The maximum absolute atomic E-state index is 12.9. The zero-order valence-electron chi connectivity index (χ0n) is 19.6. The van der Waals surface area contributed by atoms with Crippen molar-refractivity contribution in [3.63, 3.8) is 0 Å². The molecule has 0 saturated carbocycles. The number of rotatable bonds is 9. The van der Waals surface area contributed by atoms with Gasteiger partial charge in [-0.15, -0.1) is 23.1 Å². The zero-order chi connectivity index (χ0) is 23.8. The Morgan fingerprint density at radius 3 is 2.82 bits per heavy atom. The minimum Gasteiger partial charge on any atom is -0.350 e. The number of amides is 2. The van der Waals surface area contributed by atoms with E-state index in [4.69, 9.17) is 9.57 Å². The van der Waals surface area contributed by atoms with Crippen molar-refractivity contribution >= 4 is 40.6 Å². The van der Waals surface area contributed by atoms with Gasteiger partial charge in [0.1, 0.15) is 0 Å². The summed E-state index contributed by atoms with van der Waals surface area (Å²) in [5, 5.41) is 5.78. The fourth-order valence-electron chi connectivity index (χ4n) is 4.36. The normalized spacial score (nSPS) is 22.8. The highest BCUT2D eigenvalue weighted by Gasteiger charge is 2.38. The molecule has 0 radical (unpaired) electrons. The second-order valence-electron chi connectivity index (χ2n) is 8.74. The number of likely N-dealkylation sites (N-methyl/N-ethyl adjacent to an activating group) is 1. The molecule has 0 bridgehead atoms. The number of thiophene rings is 1. The molecule has 2 atom stereocenters. The van der Waals surface area contributed by atoms with Gasteiger partial charge in [-0.05, 0) is 68.3 Å². The van der Waals surface area contributed by atoms with E-state index in [1.807, 2.05) is 30.0 Å². The van der Waals surface area contributed by atoms with Crippen molar-refractivity contribution in [3.8, 4) is 10.4 Å². The number of nitrogens with one attached hydrogen (secondary N) is 3. The number of carbonyl (C=O) groups excluding carboxylic acids is 2. The van der Waals surface area contributed by atoms with Crippen LogP contribution in [0, 0.1) is 0 Å². The van der Waals surface area contributed by atoms with Crippen molar-refractivity contribution in [1.29, 1.82) is 0 Å². The van der Waals surface area contributed by atoms with Crippen LogP contribution in [0.5, 0.6) is 0 Å². The number of ether oxygens (including phenoxy) is 1. The average molecular weight is 504 g/mol. The molecule has 9 heteroatoms. The summed E-state index contributed by atoms with van der Waals surface area (Å²) < 4.78 is 5.31. The van der Waals surface area contributed by atoms with Gasteiger partial charge in [-0.25, -0.2) is 10.3 Å². The van der Waals surface area contributed by atoms with Crippen LogP contribution in [0.25, 0.3) is 10.4 Å². The highest BCUT2D eigenvalue weighted by molar-refractivity contribution is 8.00. The van der Waals surface area contributed by atoms with Crippen LogP contribution in [-0.4, -0.2) is 44.1 Å². The molecule has 2 aromatic rings. The number of hydrogen-bond donors (Lipinski definition) is 3. The molecule has 2 saturated heterocycles. The smallest absolute Gasteiger partial charge is 0.245 e. The topological polar surface area (TPSA) is 88.7 Å². The fraction of sp³-hybridized carbons (Fsp3) is 0.520. The molecule has 1 aromatic carbocycles. The van der Waals surface area contributed by atoms with Gasteiger partial charge >= 0.3 is 0 Å². The second-order valence-corrected chi connectivity index (χ2v) is 11.3. The molecule has 1 aromatic heterocycles. The van der Waals surface area contributed by atoms with Crippen LogP contribution in [0.15, 0.2) is 36.4 Å². The molecule has 4 rings (SSSR count). The summed E-state index contributed by atoms with van der Waals surface area (Å²) in [5.41, 5.74) is 4.48. The van der Waals surface area contributed by atoms with Crippen molar-refractivity contribution in [2.45, 2.75) is 56.0 Å². The van der Waals surface area contributed by atoms with Crippen molar-refractivity contribution in [1.82, 2.24) is 10.8 Å². The number of hydrogen-bond acceptors (Lipinski definition) is 7. The first-order chi connectivity index (χ1) is 16.6. The van der Waals surface area contributed by atoms with E-state index in [9.17, 15) is 9.59 Å². The third-order valence-corrected chi connectivity index (χ3v) is 9.15. The van der Waals surface area contributed by atoms with Gasteiger partial charge in [-0.1, -0.05) is 18.6 Å². The molecule has 2 aliphatic heterocycles. The van der Waals surface area contributed by atoms with E-state index in [2.05, 4.69) is 34.3 Å². The quantitative estimate of drug-likeness (QED) is 0.432. The van der Waals surface area contributed by atoms with Crippen LogP contribution in [0.3, 0.4) is 0 Å². The van der Waals surface area contributed by atoms with Crippen LogP contribution in [0.4, 0.5) is 5.69 Å². The van der Waals surface area contributed by atoms with E-state index in [1.54, 1.807) is 18.4 Å². The molecular weight excluding hydrogens is 470 g/mol. The highest BCUT2D eigenvalue weighted by Crippen LogP contribution is 2.51. The van der Waals surface area contributed by atoms with Crippen molar-refractivity contribution in [2.24, 2.45) is 0 Å². The van der Waals surface area contributed by atoms with Gasteiger partial charge in [-0.3, -0.25) is 9.59 Å². The maximum atomic E-state index is 12.9. The lowest BCUT2D eigenvalue weighted by Crippen LogP contribution is -2.37. The summed E-state index contributed by atoms with van der Waals surface area (Å²) >= 11 is 3.60. The van der Waals surface area contributed by atoms with Crippen LogP contribution < -0.4 is 16.1 Å². The molecule has 2 aliphatic rings. The van der Waals surface area contributed by atoms with Gasteiger partial charge in [0.2, 0.25) is 11.8 Å². The lowest BCUT2D eigenvalue weighted by atomic mass is 9.94. The minimum atomic E-state index is -0.345. The van der Waals surface area contributed by atoms with Gasteiger partial charge in [0.05, 0.1) is 11.3 Å². The second kappa shape index (κ2) is 12.2. The molecule has 1 unspecified atom stereocenters. The van der Waals surface area contributed by atoms with Crippen molar-refractivity contribution < 1.29 is 19.2 Å². The van der Waals surface area contributed by atoms with Crippen LogP contribution in [-0.2, 0) is 23.9 Å². The third kappa shape index (κ3) is 6.60. The van der Waals surface area contributed by atoms with E-state index in [-0.39, 0.29) is 29.4 Å². The van der Waals surface area contributed by atoms with Gasteiger partial charge in [-0.2, -0.15) is 0 Å². The number of anilines is 1. The molecule has 34 heavy (non-hydrogen) atoms. The van der Waals surface area contributed by atoms with E-state index in [0.717, 1.165) is 54.0 Å². The van der Waals surface area contributed by atoms with Crippen LogP contribution in [0.1, 0.15) is 49.8 Å². The summed E-state index contributed by atoms with van der Waals surface area (Å²) in [7, 11) is 1.75. The average Bonchev–Trinajstić information content (AvgIpc) is 3.36. The lowest BCUT2D eigenvalue weighted by molar-refractivity contribution is -0.200. The van der Waals surface area contributed by atoms with Gasteiger partial charge in [0.15, 0.2) is 6.29 Å². The van der Waals surface area contributed by atoms with Gasteiger partial charge in [0, 0.05) is 34.9 Å². The first-order valence-corrected chi connectivity index (χ1v) is 13.7. The van der Waals surface area contributed by atoms with E-state index in [0.29, 0.717) is 13.0 Å². The summed E-state index contributed by atoms with van der Waals surface area (Å²) in [6.07, 6.45) is 6.18. The van der Waals surface area contributed by atoms with Crippen LogP contribution in [0.2, 0.25) is 0 Å². The Morgan fingerprint density at radius 1 is 1.15 bits per heavy atom. The molecule has 2 fully saturated rings. The predicted octanol–water partition coefficient (Wildman–Crippen LogP) is 4.65. The van der Waals surface area contributed by atoms with Crippen molar-refractivity contribution in [2.75, 3.05) is 31.3 Å². The predicted molar refractivity (Wildman–Crippen MR) is 138 cm³/mol. The molecule has 3 heterocycles. The lowest BCUT2D eigenvalue weighted by Gasteiger charge is -2.35. The summed E-state index contributed by atoms with van der Waals surface area (Å²) in [4.78, 5) is 32.7. The number of hydroxylamine groups is 1. The Bertz CT molecular complexity index is 969. The Hall–Kier alpha value is -1.91. The zero-order valence-corrected chi connectivity index (χ0v) is 21.2. The first-order valence-electron chi connectivity index (χ1n) is 11.9. The Kier molecular flexibility index (Phi) is 9.02. The monoisotopic (exact) mass is 503 g/mol. The number of benzene rings is 1. The largest absolute Gasteiger partial charge is 0.350 e. The number of carbonyl (C=O) groups is 2. The van der Waals surface area contributed by atoms with E-state index < -0.39 is 0 Å².